The van der Waals surface area contributed by atoms with Crippen LogP contribution >= 0.6 is 0 Å². The third-order valence-electron chi connectivity index (χ3n) is 4.08. The zero-order valence-corrected chi connectivity index (χ0v) is 13.5. The zero-order valence-electron chi connectivity index (χ0n) is 13.5. The van der Waals surface area contributed by atoms with Crippen molar-refractivity contribution in [2.75, 3.05) is 39.9 Å². The fourth-order valence-electron chi connectivity index (χ4n) is 2.86. The third kappa shape index (κ3) is 4.76. The number of nitrogens with zero attached hydrogens (tertiary/aromatic N) is 4. The molecule has 0 amide bonds. The summed E-state index contributed by atoms with van der Waals surface area (Å²) in [6.45, 7) is 10.2. The Labute approximate surface area is 127 Å². The average Bonchev–Trinajstić information content (AvgIpc) is 2.93. The van der Waals surface area contributed by atoms with Crippen LogP contribution in [0.3, 0.4) is 0 Å². The van der Waals surface area contributed by atoms with Crippen molar-refractivity contribution in [3.63, 3.8) is 0 Å². The van der Waals surface area contributed by atoms with Crippen molar-refractivity contribution in [1.29, 1.82) is 0 Å². The predicted octanol–water partition coefficient (Wildman–Crippen LogP) is 1.56. The molecule has 0 aromatic carbocycles. The van der Waals surface area contributed by atoms with Crippen LogP contribution in [0.25, 0.3) is 0 Å². The number of aryl methyl sites for hydroxylation is 1. The summed E-state index contributed by atoms with van der Waals surface area (Å²) in [4.78, 5) is 9.42. The molecule has 1 unspecified atom stereocenters. The lowest BCUT2D eigenvalue weighted by Gasteiger charge is -2.40. The Morgan fingerprint density at radius 1 is 1.33 bits per heavy atom. The molecule has 1 fully saturated rings. The van der Waals surface area contributed by atoms with Gasteiger partial charge in [-0.15, -0.1) is 0 Å². The van der Waals surface area contributed by atoms with Crippen molar-refractivity contribution in [2.45, 2.75) is 45.7 Å². The molecule has 1 saturated heterocycles. The van der Waals surface area contributed by atoms with Gasteiger partial charge in [-0.05, 0) is 12.8 Å². The normalized spacial score (nSPS) is 21.0. The van der Waals surface area contributed by atoms with Crippen molar-refractivity contribution < 1.29 is 9.26 Å². The van der Waals surface area contributed by atoms with E-state index < -0.39 is 0 Å². The number of hydrogen-bond acceptors (Lipinski definition) is 6. The molecule has 0 radical (unpaired) electrons. The predicted molar refractivity (Wildman–Crippen MR) is 81.1 cm³/mol. The molecule has 0 spiro atoms. The van der Waals surface area contributed by atoms with Gasteiger partial charge in [0.05, 0.1) is 13.2 Å². The van der Waals surface area contributed by atoms with Gasteiger partial charge >= 0.3 is 0 Å². The molecule has 1 aliphatic heterocycles. The summed E-state index contributed by atoms with van der Waals surface area (Å²) in [7, 11) is 1.77. The summed E-state index contributed by atoms with van der Waals surface area (Å²) in [5.74, 6) is 1.58. The lowest BCUT2D eigenvalue weighted by molar-refractivity contribution is 0.0452. The Bertz CT molecular complexity index is 410. The maximum atomic E-state index is 5.26. The van der Waals surface area contributed by atoms with Gasteiger partial charge in [0.15, 0.2) is 5.82 Å². The number of hydrogen-bond donors (Lipinski definition) is 0. The molecule has 1 aromatic heterocycles. The highest BCUT2D eigenvalue weighted by Crippen LogP contribution is 2.14. The summed E-state index contributed by atoms with van der Waals surface area (Å²) in [6, 6.07) is 0.593. The molecule has 0 aliphatic carbocycles. The minimum atomic E-state index is 0.593. The minimum Gasteiger partial charge on any atom is -0.383 e. The summed E-state index contributed by atoms with van der Waals surface area (Å²) >= 11 is 0. The molecule has 0 bridgehead atoms. The van der Waals surface area contributed by atoms with Crippen LogP contribution in [0, 0.1) is 0 Å². The summed E-state index contributed by atoms with van der Waals surface area (Å²) in [5.41, 5.74) is 0. The standard InChI is InChI=1S/C15H28N4O2/c1-4-6-15-16-14(17-21-15)12-18-7-8-19(9-10-20-3)13(5-2)11-18/h13H,4-12H2,1-3H3. The van der Waals surface area contributed by atoms with E-state index in [1.54, 1.807) is 7.11 Å². The Kier molecular flexibility index (Phi) is 6.60. The van der Waals surface area contributed by atoms with Gasteiger partial charge in [-0.2, -0.15) is 4.98 Å². The monoisotopic (exact) mass is 296 g/mol. The largest absolute Gasteiger partial charge is 0.383 e. The molecule has 2 rings (SSSR count). The molecule has 1 atom stereocenters. The molecule has 0 N–H and O–H groups in total. The van der Waals surface area contributed by atoms with Crippen molar-refractivity contribution in [1.82, 2.24) is 19.9 Å². The fraction of sp³-hybridized carbons (Fsp3) is 0.867. The highest BCUT2D eigenvalue weighted by molar-refractivity contribution is 4.89. The van der Waals surface area contributed by atoms with Crippen LogP contribution in [-0.4, -0.2) is 65.9 Å². The van der Waals surface area contributed by atoms with Crippen LogP contribution in [0.15, 0.2) is 4.52 Å². The van der Waals surface area contributed by atoms with Crippen LogP contribution in [0.5, 0.6) is 0 Å². The zero-order chi connectivity index (χ0) is 15.1. The summed E-state index contributed by atoms with van der Waals surface area (Å²) in [6.07, 6.45) is 3.07. The maximum Gasteiger partial charge on any atom is 0.226 e. The van der Waals surface area contributed by atoms with Crippen LogP contribution in [-0.2, 0) is 17.7 Å². The number of ether oxygens (including phenoxy) is 1. The molecule has 6 heteroatoms. The number of methoxy groups -OCH3 is 1. The highest BCUT2D eigenvalue weighted by Gasteiger charge is 2.26. The van der Waals surface area contributed by atoms with E-state index in [0.29, 0.717) is 6.04 Å². The van der Waals surface area contributed by atoms with Gasteiger partial charge in [0.25, 0.3) is 0 Å². The molecule has 6 nitrogen and oxygen atoms in total. The van der Waals surface area contributed by atoms with Gasteiger partial charge in [0, 0.05) is 45.8 Å². The van der Waals surface area contributed by atoms with E-state index in [1.165, 1.54) is 0 Å². The van der Waals surface area contributed by atoms with Crippen LogP contribution in [0.1, 0.15) is 38.4 Å². The molecule has 2 heterocycles. The second kappa shape index (κ2) is 8.46. The van der Waals surface area contributed by atoms with E-state index in [4.69, 9.17) is 9.26 Å². The van der Waals surface area contributed by atoms with E-state index in [0.717, 1.165) is 70.3 Å². The molecular formula is C15H28N4O2. The Morgan fingerprint density at radius 2 is 2.19 bits per heavy atom. The fourth-order valence-corrected chi connectivity index (χ4v) is 2.86. The minimum absolute atomic E-state index is 0.593. The first-order valence-electron chi connectivity index (χ1n) is 8.03. The first-order valence-corrected chi connectivity index (χ1v) is 8.03. The quantitative estimate of drug-likeness (QED) is 0.726. The third-order valence-corrected chi connectivity index (χ3v) is 4.08. The molecule has 1 aliphatic rings. The number of aromatic nitrogens is 2. The van der Waals surface area contributed by atoms with E-state index in [-0.39, 0.29) is 0 Å². The molecule has 120 valence electrons. The topological polar surface area (TPSA) is 54.6 Å². The van der Waals surface area contributed by atoms with Gasteiger partial charge in [0.2, 0.25) is 5.89 Å². The smallest absolute Gasteiger partial charge is 0.226 e. The average molecular weight is 296 g/mol. The van der Waals surface area contributed by atoms with Crippen LogP contribution < -0.4 is 0 Å². The lowest BCUT2D eigenvalue weighted by atomic mass is 10.1. The summed E-state index contributed by atoms with van der Waals surface area (Å²) < 4.78 is 10.5. The lowest BCUT2D eigenvalue weighted by Crippen LogP contribution is -2.53. The number of rotatable bonds is 8. The Hall–Kier alpha value is -0.980. The van der Waals surface area contributed by atoms with Crippen molar-refractivity contribution in [3.05, 3.63) is 11.7 Å². The Balaban J connectivity index is 1.84. The second-order valence-corrected chi connectivity index (χ2v) is 5.68. The second-order valence-electron chi connectivity index (χ2n) is 5.68. The van der Waals surface area contributed by atoms with E-state index in [1.807, 2.05) is 0 Å². The van der Waals surface area contributed by atoms with E-state index in [9.17, 15) is 0 Å². The molecule has 1 aromatic rings. The van der Waals surface area contributed by atoms with E-state index in [2.05, 4.69) is 33.8 Å². The number of piperazine rings is 1. The van der Waals surface area contributed by atoms with E-state index >= 15 is 0 Å². The van der Waals surface area contributed by atoms with Gasteiger partial charge < -0.3 is 9.26 Å². The van der Waals surface area contributed by atoms with Crippen molar-refractivity contribution in [3.8, 4) is 0 Å². The van der Waals surface area contributed by atoms with Crippen molar-refractivity contribution in [2.24, 2.45) is 0 Å². The highest BCUT2D eigenvalue weighted by atomic mass is 16.5. The van der Waals surface area contributed by atoms with Crippen LogP contribution in [0.2, 0.25) is 0 Å². The van der Waals surface area contributed by atoms with Gasteiger partial charge in [0.1, 0.15) is 0 Å². The summed E-state index contributed by atoms with van der Waals surface area (Å²) in [5, 5.41) is 4.09. The van der Waals surface area contributed by atoms with Gasteiger partial charge in [-0.1, -0.05) is 19.0 Å². The molecular weight excluding hydrogens is 268 g/mol. The molecule has 21 heavy (non-hydrogen) atoms. The Morgan fingerprint density at radius 3 is 2.90 bits per heavy atom. The van der Waals surface area contributed by atoms with Gasteiger partial charge in [-0.3, -0.25) is 9.80 Å². The molecule has 0 saturated carbocycles. The van der Waals surface area contributed by atoms with Gasteiger partial charge in [-0.25, -0.2) is 0 Å². The van der Waals surface area contributed by atoms with Crippen molar-refractivity contribution >= 4 is 0 Å². The first-order chi connectivity index (χ1) is 10.3. The van der Waals surface area contributed by atoms with Crippen LogP contribution in [0.4, 0.5) is 0 Å². The first kappa shape index (κ1) is 16.4. The maximum absolute atomic E-state index is 5.26. The SMILES string of the molecule is CCCc1nc(CN2CCN(CCOC)C(CC)C2)no1.